The van der Waals surface area contributed by atoms with Crippen LogP contribution in [0.5, 0.6) is 0 Å². The summed E-state index contributed by atoms with van der Waals surface area (Å²) in [5, 5.41) is 0. The summed E-state index contributed by atoms with van der Waals surface area (Å²) in [4.78, 5) is 16.3. The lowest BCUT2D eigenvalue weighted by molar-refractivity contribution is -0.129. The fourth-order valence-corrected chi connectivity index (χ4v) is 2.45. The summed E-state index contributed by atoms with van der Waals surface area (Å²) in [6.45, 7) is 6.05. The Morgan fingerprint density at radius 1 is 0.909 bits per heavy atom. The molecule has 2 aromatic carbocycles. The minimum Gasteiger partial charge on any atom is -0.402 e. The highest BCUT2D eigenvalue weighted by Gasteiger charge is 2.24. The molecule has 0 aromatic heterocycles. The lowest BCUT2D eigenvalue weighted by Crippen LogP contribution is -2.05. The topological polar surface area (TPSA) is 38.7 Å². The van der Waals surface area contributed by atoms with Crippen LogP contribution in [0.25, 0.3) is 6.08 Å². The number of carbonyl (C=O) groups excluding carboxylic acids is 1. The highest BCUT2D eigenvalue weighted by Crippen LogP contribution is 2.20. The van der Waals surface area contributed by atoms with E-state index in [9.17, 15) is 4.79 Å². The van der Waals surface area contributed by atoms with E-state index in [1.165, 1.54) is 5.56 Å². The fourth-order valence-electron chi connectivity index (χ4n) is 2.45. The van der Waals surface area contributed by atoms with Gasteiger partial charge in [0.1, 0.15) is 0 Å². The number of aliphatic imine (C=N–C) groups is 1. The van der Waals surface area contributed by atoms with Crippen LogP contribution < -0.4 is 0 Å². The largest absolute Gasteiger partial charge is 0.402 e. The first-order valence-corrected chi connectivity index (χ1v) is 7.19. The summed E-state index contributed by atoms with van der Waals surface area (Å²) in [6.07, 6.45) is 1.75. The number of esters is 1. The monoisotopic (exact) mass is 291 g/mol. The summed E-state index contributed by atoms with van der Waals surface area (Å²) < 4.78 is 5.31. The number of cyclic esters (lactones) is 1. The number of hydrogen-bond acceptors (Lipinski definition) is 3. The average molecular weight is 291 g/mol. The first-order chi connectivity index (χ1) is 10.5. The van der Waals surface area contributed by atoms with Crippen molar-refractivity contribution in [3.8, 4) is 0 Å². The Morgan fingerprint density at radius 2 is 1.55 bits per heavy atom. The molecule has 0 fully saturated rings. The molecule has 0 N–H and O–H groups in total. The Bertz CT molecular complexity index is 778. The molecule has 0 saturated carbocycles. The van der Waals surface area contributed by atoms with E-state index in [4.69, 9.17) is 4.74 Å². The van der Waals surface area contributed by atoms with E-state index < -0.39 is 5.97 Å². The summed E-state index contributed by atoms with van der Waals surface area (Å²) in [5.74, 6) is -0.0371. The van der Waals surface area contributed by atoms with E-state index in [-0.39, 0.29) is 0 Å². The van der Waals surface area contributed by atoms with Crippen molar-refractivity contribution in [2.24, 2.45) is 4.99 Å². The van der Waals surface area contributed by atoms with Gasteiger partial charge in [0.05, 0.1) is 0 Å². The number of rotatable bonds is 2. The number of nitrogens with zero attached hydrogens (tertiary/aromatic N) is 1. The molecule has 22 heavy (non-hydrogen) atoms. The van der Waals surface area contributed by atoms with E-state index in [1.54, 1.807) is 6.08 Å². The van der Waals surface area contributed by atoms with Gasteiger partial charge in [-0.2, -0.15) is 0 Å². The third kappa shape index (κ3) is 2.98. The van der Waals surface area contributed by atoms with Gasteiger partial charge in [0.25, 0.3) is 0 Å². The molecule has 1 heterocycles. The summed E-state index contributed by atoms with van der Waals surface area (Å²) in [5.41, 5.74) is 5.50. The molecule has 0 spiro atoms. The Balaban J connectivity index is 1.95. The molecule has 0 aliphatic carbocycles. The maximum Gasteiger partial charge on any atom is 0.363 e. The minimum absolute atomic E-state index is 0.331. The van der Waals surface area contributed by atoms with Crippen LogP contribution >= 0.6 is 0 Å². The quantitative estimate of drug-likeness (QED) is 0.620. The van der Waals surface area contributed by atoms with Gasteiger partial charge in [-0.05, 0) is 44.5 Å². The van der Waals surface area contributed by atoms with E-state index in [0.717, 1.165) is 22.3 Å². The van der Waals surface area contributed by atoms with Crippen LogP contribution in [0.2, 0.25) is 0 Å². The smallest absolute Gasteiger partial charge is 0.363 e. The van der Waals surface area contributed by atoms with E-state index in [1.807, 2.05) is 57.2 Å². The number of hydrogen-bond donors (Lipinski definition) is 0. The third-order valence-corrected chi connectivity index (χ3v) is 3.47. The summed E-state index contributed by atoms with van der Waals surface area (Å²) in [6, 6.07) is 13.9. The Morgan fingerprint density at radius 3 is 2.18 bits per heavy atom. The van der Waals surface area contributed by atoms with Gasteiger partial charge in [0.15, 0.2) is 5.70 Å². The van der Waals surface area contributed by atoms with Crippen LogP contribution in [-0.2, 0) is 9.53 Å². The number of benzene rings is 2. The molecular weight excluding hydrogens is 274 g/mol. The molecule has 0 bridgehead atoms. The zero-order valence-corrected chi connectivity index (χ0v) is 12.9. The van der Waals surface area contributed by atoms with E-state index in [2.05, 4.69) is 11.1 Å². The van der Waals surface area contributed by atoms with Crippen LogP contribution in [0.4, 0.5) is 0 Å². The van der Waals surface area contributed by atoms with Gasteiger partial charge in [-0.15, -0.1) is 0 Å². The van der Waals surface area contributed by atoms with Crippen molar-refractivity contribution in [1.29, 1.82) is 0 Å². The van der Waals surface area contributed by atoms with Crippen LogP contribution in [0.1, 0.15) is 27.8 Å². The van der Waals surface area contributed by atoms with Crippen LogP contribution in [-0.4, -0.2) is 11.9 Å². The van der Waals surface area contributed by atoms with Crippen molar-refractivity contribution < 1.29 is 9.53 Å². The van der Waals surface area contributed by atoms with Crippen molar-refractivity contribution in [1.82, 2.24) is 0 Å². The van der Waals surface area contributed by atoms with Crippen LogP contribution in [0.15, 0.2) is 53.2 Å². The molecule has 3 rings (SSSR count). The maximum absolute atomic E-state index is 12.0. The summed E-state index contributed by atoms with van der Waals surface area (Å²) in [7, 11) is 0. The van der Waals surface area contributed by atoms with Crippen molar-refractivity contribution in [2.75, 3.05) is 0 Å². The minimum atomic E-state index is -0.408. The Labute approximate surface area is 130 Å². The van der Waals surface area contributed by atoms with Crippen LogP contribution in [0, 0.1) is 20.8 Å². The molecule has 3 nitrogen and oxygen atoms in total. The second kappa shape index (κ2) is 5.60. The zero-order valence-electron chi connectivity index (χ0n) is 12.9. The predicted molar refractivity (Wildman–Crippen MR) is 87.7 cm³/mol. The molecule has 1 aliphatic heterocycles. The molecule has 0 saturated heterocycles. The van der Waals surface area contributed by atoms with Gasteiger partial charge < -0.3 is 4.74 Å². The number of aryl methyl sites for hydroxylation is 3. The van der Waals surface area contributed by atoms with Gasteiger partial charge >= 0.3 is 5.97 Å². The third-order valence-electron chi connectivity index (χ3n) is 3.47. The molecule has 0 unspecified atom stereocenters. The summed E-state index contributed by atoms with van der Waals surface area (Å²) >= 11 is 0. The molecule has 1 aliphatic rings. The van der Waals surface area contributed by atoms with E-state index >= 15 is 0 Å². The second-order valence-corrected chi connectivity index (χ2v) is 5.62. The molecule has 3 heteroatoms. The number of ether oxygens (including phenoxy) is 1. The molecule has 0 atom stereocenters. The van der Waals surface area contributed by atoms with Gasteiger partial charge in [-0.25, -0.2) is 9.79 Å². The fraction of sp³-hybridized carbons (Fsp3) is 0.158. The standard InChI is InChI=1S/C19H17NO2/c1-12-4-6-15(7-5-12)11-17-19(21)22-18(20-17)16-9-13(2)8-14(3)10-16/h4-11H,1-3H3. The second-order valence-electron chi connectivity index (χ2n) is 5.62. The molecular formula is C19H17NO2. The van der Waals surface area contributed by atoms with Crippen molar-refractivity contribution in [2.45, 2.75) is 20.8 Å². The first kappa shape index (κ1) is 14.3. The normalized spacial score (nSPS) is 15.9. The first-order valence-electron chi connectivity index (χ1n) is 7.19. The zero-order chi connectivity index (χ0) is 15.7. The highest BCUT2D eigenvalue weighted by molar-refractivity contribution is 6.12. The molecule has 110 valence electrons. The van der Waals surface area contributed by atoms with Gasteiger partial charge in [0.2, 0.25) is 5.90 Å². The van der Waals surface area contributed by atoms with Crippen molar-refractivity contribution in [3.63, 3.8) is 0 Å². The van der Waals surface area contributed by atoms with Gasteiger partial charge in [0, 0.05) is 5.56 Å². The Kier molecular flexibility index (Phi) is 3.63. The highest BCUT2D eigenvalue weighted by atomic mass is 16.6. The SMILES string of the molecule is Cc1ccc(C=C2N=C(c3cc(C)cc(C)c3)OC2=O)cc1. The predicted octanol–water partition coefficient (Wildman–Crippen LogP) is 3.96. The van der Waals surface area contributed by atoms with Gasteiger partial charge in [-0.3, -0.25) is 0 Å². The maximum atomic E-state index is 12.0. The molecule has 0 radical (unpaired) electrons. The lowest BCUT2D eigenvalue weighted by atomic mass is 10.1. The van der Waals surface area contributed by atoms with Crippen molar-refractivity contribution in [3.05, 3.63) is 76.0 Å². The number of carbonyl (C=O) groups is 1. The van der Waals surface area contributed by atoms with E-state index in [0.29, 0.717) is 11.6 Å². The Hall–Kier alpha value is -2.68. The molecule has 0 amide bonds. The van der Waals surface area contributed by atoms with Crippen LogP contribution in [0.3, 0.4) is 0 Å². The van der Waals surface area contributed by atoms with Gasteiger partial charge in [-0.1, -0.05) is 47.0 Å². The van der Waals surface area contributed by atoms with Crippen molar-refractivity contribution >= 4 is 17.9 Å². The molecule has 2 aromatic rings. The lowest BCUT2D eigenvalue weighted by Gasteiger charge is -2.03. The average Bonchev–Trinajstić information content (AvgIpc) is 2.82.